The quantitative estimate of drug-likeness (QED) is 0.735. The fourth-order valence-corrected chi connectivity index (χ4v) is 5.27. The lowest BCUT2D eigenvalue weighted by Gasteiger charge is -2.36. The molecule has 9 nitrogen and oxygen atoms in total. The van der Waals surface area contributed by atoms with Crippen LogP contribution in [0.25, 0.3) is 0 Å². The lowest BCUT2D eigenvalue weighted by Crippen LogP contribution is -2.50. The second kappa shape index (κ2) is 7.75. The number of anilines is 1. The van der Waals surface area contributed by atoms with Crippen molar-refractivity contribution in [2.45, 2.75) is 55.5 Å². The van der Waals surface area contributed by atoms with E-state index in [1.807, 2.05) is 6.92 Å². The predicted octanol–water partition coefficient (Wildman–Crippen LogP) is 1.96. The molecule has 2 N–H and O–H groups in total. The van der Waals surface area contributed by atoms with Gasteiger partial charge in [-0.1, -0.05) is 5.16 Å². The molecule has 2 fully saturated rings. The van der Waals surface area contributed by atoms with Crippen LogP contribution in [0.5, 0.6) is 0 Å². The van der Waals surface area contributed by atoms with Gasteiger partial charge in [-0.15, -0.1) is 0 Å². The molecule has 1 saturated heterocycles. The molecule has 0 radical (unpaired) electrons. The van der Waals surface area contributed by atoms with Crippen molar-refractivity contribution < 1.29 is 17.7 Å². The molecule has 29 heavy (non-hydrogen) atoms. The Hall–Kier alpha value is -2.46. The number of hydrogen-bond donors (Lipinski definition) is 2. The summed E-state index contributed by atoms with van der Waals surface area (Å²) in [5, 5.41) is 9.70. The maximum Gasteiger partial charge on any atom is 0.273 e. The van der Waals surface area contributed by atoms with E-state index in [1.165, 1.54) is 10.5 Å². The average molecular weight is 420 g/mol. The maximum atomic E-state index is 13.0. The minimum Gasteiger partial charge on any atom is -0.373 e. The van der Waals surface area contributed by atoms with Crippen molar-refractivity contribution >= 4 is 21.7 Å². The van der Waals surface area contributed by atoms with Crippen LogP contribution in [-0.2, 0) is 10.0 Å². The van der Waals surface area contributed by atoms with Crippen molar-refractivity contribution in [1.82, 2.24) is 19.8 Å². The fourth-order valence-electron chi connectivity index (χ4n) is 3.67. The first kappa shape index (κ1) is 19.8. The number of carbonyl (C=O) groups is 1. The number of piperidine rings is 1. The summed E-state index contributed by atoms with van der Waals surface area (Å²) in [5.41, 5.74) is 0.283. The van der Waals surface area contributed by atoms with Gasteiger partial charge in [0.05, 0.1) is 0 Å². The summed E-state index contributed by atoms with van der Waals surface area (Å²) in [4.78, 5) is 16.7. The SMILES string of the molecule is CNc1ccc(S(=O)(=O)N2CC[C@@H](NC(=O)c3cc(C4CC4)on3)C[C@H]2C)cn1. The van der Waals surface area contributed by atoms with E-state index in [2.05, 4.69) is 20.8 Å². The highest BCUT2D eigenvalue weighted by Crippen LogP contribution is 2.40. The molecule has 1 aliphatic carbocycles. The Labute approximate surface area is 169 Å². The topological polar surface area (TPSA) is 117 Å². The number of nitrogens with zero attached hydrogens (tertiary/aromatic N) is 3. The zero-order valence-electron chi connectivity index (χ0n) is 16.5. The lowest BCUT2D eigenvalue weighted by molar-refractivity contribution is 0.0905. The highest BCUT2D eigenvalue weighted by molar-refractivity contribution is 7.89. The van der Waals surface area contributed by atoms with E-state index in [4.69, 9.17) is 4.52 Å². The third-order valence-corrected chi connectivity index (χ3v) is 7.49. The van der Waals surface area contributed by atoms with Crippen LogP contribution in [0.15, 0.2) is 33.8 Å². The highest BCUT2D eigenvalue weighted by Gasteiger charge is 2.36. The van der Waals surface area contributed by atoms with Gasteiger partial charge in [-0.3, -0.25) is 4.79 Å². The van der Waals surface area contributed by atoms with E-state index in [0.29, 0.717) is 31.1 Å². The molecular weight excluding hydrogens is 394 g/mol. The molecule has 0 bridgehead atoms. The molecule has 0 aromatic carbocycles. The number of carbonyl (C=O) groups excluding carboxylic acids is 1. The number of nitrogens with one attached hydrogen (secondary N) is 2. The second-order valence-electron chi connectivity index (χ2n) is 7.68. The van der Waals surface area contributed by atoms with Gasteiger partial charge in [-0.05, 0) is 44.7 Å². The van der Waals surface area contributed by atoms with Gasteiger partial charge in [0.15, 0.2) is 5.69 Å². The average Bonchev–Trinajstić information content (AvgIpc) is 3.44. The molecular formula is C19H25N5O4S. The van der Waals surface area contributed by atoms with Crippen LogP contribution >= 0.6 is 0 Å². The second-order valence-corrected chi connectivity index (χ2v) is 9.57. The van der Waals surface area contributed by atoms with E-state index in [-0.39, 0.29) is 28.6 Å². The molecule has 1 saturated carbocycles. The van der Waals surface area contributed by atoms with Gasteiger partial charge in [0, 0.05) is 43.9 Å². The minimum atomic E-state index is -3.64. The molecule has 2 aliphatic rings. The molecule has 2 aromatic rings. The van der Waals surface area contributed by atoms with Crippen molar-refractivity contribution in [3.63, 3.8) is 0 Å². The number of hydrogen-bond acceptors (Lipinski definition) is 7. The van der Waals surface area contributed by atoms with Crippen molar-refractivity contribution in [2.75, 3.05) is 18.9 Å². The van der Waals surface area contributed by atoms with Gasteiger partial charge in [-0.25, -0.2) is 13.4 Å². The Morgan fingerprint density at radius 3 is 2.69 bits per heavy atom. The number of amides is 1. The van der Waals surface area contributed by atoms with E-state index in [0.717, 1.165) is 18.6 Å². The smallest absolute Gasteiger partial charge is 0.273 e. The molecule has 1 amide bonds. The number of pyridine rings is 1. The predicted molar refractivity (Wildman–Crippen MR) is 106 cm³/mol. The van der Waals surface area contributed by atoms with E-state index in [1.54, 1.807) is 25.2 Å². The summed E-state index contributed by atoms with van der Waals surface area (Å²) in [7, 11) is -1.91. The van der Waals surface area contributed by atoms with Crippen molar-refractivity contribution in [2.24, 2.45) is 0 Å². The first-order chi connectivity index (χ1) is 13.9. The number of aromatic nitrogens is 2. The van der Waals surface area contributed by atoms with Gasteiger partial charge in [0.1, 0.15) is 16.5 Å². The van der Waals surface area contributed by atoms with Crippen LogP contribution in [-0.4, -0.2) is 54.4 Å². The Bertz CT molecular complexity index is 984. The summed E-state index contributed by atoms with van der Waals surface area (Å²) in [6.07, 6.45) is 4.58. The van der Waals surface area contributed by atoms with Crippen molar-refractivity contribution in [3.8, 4) is 0 Å². The minimum absolute atomic E-state index is 0.116. The van der Waals surface area contributed by atoms with Crippen LogP contribution in [0, 0.1) is 0 Å². The summed E-state index contributed by atoms with van der Waals surface area (Å²) in [6, 6.07) is 4.53. The van der Waals surface area contributed by atoms with Crippen LogP contribution in [0.2, 0.25) is 0 Å². The monoisotopic (exact) mass is 419 g/mol. The lowest BCUT2D eigenvalue weighted by atomic mass is 10.0. The molecule has 2 aromatic heterocycles. The Balaban J connectivity index is 1.38. The highest BCUT2D eigenvalue weighted by atomic mass is 32.2. The number of sulfonamides is 1. The third kappa shape index (κ3) is 4.13. The van der Waals surface area contributed by atoms with E-state index in [9.17, 15) is 13.2 Å². The summed E-state index contributed by atoms with van der Waals surface area (Å²) in [6.45, 7) is 2.18. The van der Waals surface area contributed by atoms with Crippen LogP contribution in [0.4, 0.5) is 5.82 Å². The first-order valence-corrected chi connectivity index (χ1v) is 11.3. The molecule has 156 valence electrons. The van der Waals surface area contributed by atoms with Crippen molar-refractivity contribution in [3.05, 3.63) is 35.9 Å². The Kier molecular flexibility index (Phi) is 5.30. The van der Waals surface area contributed by atoms with Crippen LogP contribution in [0.1, 0.15) is 54.8 Å². The van der Waals surface area contributed by atoms with Crippen LogP contribution in [0.3, 0.4) is 0 Å². The van der Waals surface area contributed by atoms with E-state index >= 15 is 0 Å². The number of rotatable bonds is 6. The summed E-state index contributed by atoms with van der Waals surface area (Å²) >= 11 is 0. The van der Waals surface area contributed by atoms with Gasteiger partial charge >= 0.3 is 0 Å². The zero-order valence-corrected chi connectivity index (χ0v) is 17.3. The molecule has 3 heterocycles. The molecule has 0 unspecified atom stereocenters. The fraction of sp³-hybridized carbons (Fsp3) is 0.526. The third-order valence-electron chi connectivity index (χ3n) is 5.49. The summed E-state index contributed by atoms with van der Waals surface area (Å²) < 4.78 is 32.7. The zero-order chi connectivity index (χ0) is 20.6. The maximum absolute atomic E-state index is 13.0. The van der Waals surface area contributed by atoms with Crippen molar-refractivity contribution in [1.29, 1.82) is 0 Å². The molecule has 10 heteroatoms. The van der Waals surface area contributed by atoms with Gasteiger partial charge in [0.25, 0.3) is 5.91 Å². The molecule has 1 aliphatic heterocycles. The van der Waals surface area contributed by atoms with Gasteiger partial charge in [-0.2, -0.15) is 4.31 Å². The summed E-state index contributed by atoms with van der Waals surface area (Å²) in [5.74, 6) is 1.49. The molecule has 4 rings (SSSR count). The molecule has 0 spiro atoms. The Morgan fingerprint density at radius 2 is 2.07 bits per heavy atom. The molecule has 2 atom stereocenters. The van der Waals surface area contributed by atoms with Gasteiger partial charge in [0.2, 0.25) is 10.0 Å². The standard InChI is InChI=1S/C19H25N5O4S/c1-12-9-14(22-19(25)16-10-17(28-23-16)13-3-4-13)7-8-24(12)29(26,27)15-5-6-18(20-2)21-11-15/h5-6,10-14H,3-4,7-9H2,1-2H3,(H,20,21)(H,22,25)/t12-,14-/m1/s1. The van der Waals surface area contributed by atoms with Crippen LogP contribution < -0.4 is 10.6 Å². The Morgan fingerprint density at radius 1 is 1.28 bits per heavy atom. The van der Waals surface area contributed by atoms with E-state index < -0.39 is 10.0 Å². The normalized spacial score (nSPS) is 23.0. The largest absolute Gasteiger partial charge is 0.373 e. The van der Waals surface area contributed by atoms with Gasteiger partial charge < -0.3 is 15.2 Å². The first-order valence-electron chi connectivity index (χ1n) is 9.81.